The molecule has 1 aliphatic heterocycles. The van der Waals surface area contributed by atoms with Crippen LogP contribution in [0.4, 0.5) is 5.69 Å². The largest absolute Gasteiger partial charge is 0.394 e. The first-order valence-electron chi connectivity index (χ1n) is 7.56. The molecule has 1 heterocycles. The molecule has 0 aromatic heterocycles. The van der Waals surface area contributed by atoms with Gasteiger partial charge in [-0.15, -0.1) is 0 Å². The van der Waals surface area contributed by atoms with Crippen molar-refractivity contribution in [2.24, 2.45) is 5.92 Å². The number of hydrogen-bond acceptors (Lipinski definition) is 4. The summed E-state index contributed by atoms with van der Waals surface area (Å²) in [4.78, 5) is 2.31. The first-order valence-corrected chi connectivity index (χ1v) is 8.36. The zero-order valence-electron chi connectivity index (χ0n) is 12.8. The van der Waals surface area contributed by atoms with Crippen molar-refractivity contribution in [3.8, 4) is 0 Å². The van der Waals surface area contributed by atoms with Gasteiger partial charge in [-0.25, -0.2) is 0 Å². The SMILES string of the molecule is CC(C)CNCc1cc(Br)ccc1N1CCOC(CO)C1. The lowest BCUT2D eigenvalue weighted by molar-refractivity contribution is 0.00352. The van der Waals surface area contributed by atoms with Crippen molar-refractivity contribution >= 4 is 21.6 Å². The summed E-state index contributed by atoms with van der Waals surface area (Å²) >= 11 is 3.56. The van der Waals surface area contributed by atoms with Crippen LogP contribution in [0.5, 0.6) is 0 Å². The van der Waals surface area contributed by atoms with Gasteiger partial charge in [-0.05, 0) is 36.2 Å². The third-order valence-electron chi connectivity index (χ3n) is 3.59. The number of aliphatic hydroxyl groups excluding tert-OH is 1. The van der Waals surface area contributed by atoms with Gasteiger partial charge in [0.15, 0.2) is 0 Å². The second-order valence-electron chi connectivity index (χ2n) is 5.92. The summed E-state index contributed by atoms with van der Waals surface area (Å²) in [7, 11) is 0. The maximum absolute atomic E-state index is 9.30. The average molecular weight is 357 g/mol. The van der Waals surface area contributed by atoms with Gasteiger partial charge in [0.05, 0.1) is 19.3 Å². The fourth-order valence-corrected chi connectivity index (χ4v) is 2.96. The molecule has 0 spiro atoms. The molecule has 21 heavy (non-hydrogen) atoms. The molecule has 1 atom stereocenters. The number of aliphatic hydroxyl groups is 1. The monoisotopic (exact) mass is 356 g/mol. The minimum absolute atomic E-state index is 0.0773. The van der Waals surface area contributed by atoms with Gasteiger partial charge in [-0.2, -0.15) is 0 Å². The number of morpholine rings is 1. The van der Waals surface area contributed by atoms with Crippen molar-refractivity contribution in [1.29, 1.82) is 0 Å². The molecule has 1 fully saturated rings. The molecule has 0 saturated carbocycles. The fourth-order valence-electron chi connectivity index (χ4n) is 2.55. The Kier molecular flexibility index (Phi) is 6.48. The molecular weight excluding hydrogens is 332 g/mol. The lowest BCUT2D eigenvalue weighted by Gasteiger charge is -2.35. The number of nitrogens with zero attached hydrogens (tertiary/aromatic N) is 1. The fraction of sp³-hybridized carbons (Fsp3) is 0.625. The van der Waals surface area contributed by atoms with Crippen LogP contribution < -0.4 is 10.2 Å². The number of benzene rings is 1. The Balaban J connectivity index is 2.10. The molecule has 1 saturated heterocycles. The molecule has 1 aromatic carbocycles. The maximum atomic E-state index is 9.30. The van der Waals surface area contributed by atoms with E-state index in [-0.39, 0.29) is 12.7 Å². The van der Waals surface area contributed by atoms with Gasteiger partial charge in [-0.3, -0.25) is 0 Å². The molecular formula is C16H25BrN2O2. The van der Waals surface area contributed by atoms with E-state index in [0.717, 1.165) is 30.7 Å². The Morgan fingerprint density at radius 1 is 1.48 bits per heavy atom. The van der Waals surface area contributed by atoms with Gasteiger partial charge < -0.3 is 20.1 Å². The molecule has 5 heteroatoms. The van der Waals surface area contributed by atoms with E-state index in [1.165, 1.54) is 11.3 Å². The minimum Gasteiger partial charge on any atom is -0.394 e. The van der Waals surface area contributed by atoms with E-state index >= 15 is 0 Å². The van der Waals surface area contributed by atoms with E-state index in [1.807, 2.05) is 0 Å². The third-order valence-corrected chi connectivity index (χ3v) is 4.09. The summed E-state index contributed by atoms with van der Waals surface area (Å²) in [6.45, 7) is 8.65. The van der Waals surface area contributed by atoms with Crippen LogP contribution in [-0.2, 0) is 11.3 Å². The molecule has 0 aliphatic carbocycles. The minimum atomic E-state index is -0.0844. The quantitative estimate of drug-likeness (QED) is 0.821. The van der Waals surface area contributed by atoms with Gasteiger partial charge in [0.25, 0.3) is 0 Å². The molecule has 0 radical (unpaired) electrons. The van der Waals surface area contributed by atoms with Gasteiger partial charge in [0.1, 0.15) is 0 Å². The topological polar surface area (TPSA) is 44.7 Å². The van der Waals surface area contributed by atoms with Crippen LogP contribution in [0.25, 0.3) is 0 Å². The smallest absolute Gasteiger partial charge is 0.0980 e. The first-order chi connectivity index (χ1) is 10.1. The van der Waals surface area contributed by atoms with Crippen LogP contribution >= 0.6 is 15.9 Å². The molecule has 1 unspecified atom stereocenters. The Morgan fingerprint density at radius 2 is 2.29 bits per heavy atom. The summed E-state index contributed by atoms with van der Waals surface area (Å²) in [5.74, 6) is 0.641. The Morgan fingerprint density at radius 3 is 3.00 bits per heavy atom. The zero-order chi connectivity index (χ0) is 15.2. The molecule has 118 valence electrons. The Labute approximate surface area is 135 Å². The van der Waals surface area contributed by atoms with Crippen molar-refractivity contribution in [3.05, 3.63) is 28.2 Å². The maximum Gasteiger partial charge on any atom is 0.0980 e. The molecule has 2 rings (SSSR count). The van der Waals surface area contributed by atoms with Crippen LogP contribution in [-0.4, -0.2) is 44.1 Å². The van der Waals surface area contributed by atoms with Crippen LogP contribution in [0.2, 0.25) is 0 Å². The molecule has 1 aliphatic rings. The molecule has 4 nitrogen and oxygen atoms in total. The lowest BCUT2D eigenvalue weighted by Crippen LogP contribution is -2.44. The normalized spacial score (nSPS) is 19.3. The van der Waals surface area contributed by atoms with E-state index < -0.39 is 0 Å². The van der Waals surface area contributed by atoms with Crippen molar-refractivity contribution < 1.29 is 9.84 Å². The van der Waals surface area contributed by atoms with Gasteiger partial charge in [-0.1, -0.05) is 29.8 Å². The second-order valence-corrected chi connectivity index (χ2v) is 6.83. The lowest BCUT2D eigenvalue weighted by atomic mass is 10.1. The molecule has 0 bridgehead atoms. The highest BCUT2D eigenvalue weighted by Crippen LogP contribution is 2.26. The third kappa shape index (κ3) is 4.95. The van der Waals surface area contributed by atoms with E-state index in [2.05, 4.69) is 58.2 Å². The van der Waals surface area contributed by atoms with Crippen LogP contribution in [0.15, 0.2) is 22.7 Å². The standard InChI is InChI=1S/C16H25BrN2O2/c1-12(2)8-18-9-13-7-14(17)3-4-16(13)19-5-6-21-15(10-19)11-20/h3-4,7,12,15,18,20H,5-6,8-11H2,1-2H3. The van der Waals surface area contributed by atoms with Gasteiger partial charge in [0, 0.05) is 29.8 Å². The predicted molar refractivity (Wildman–Crippen MR) is 89.7 cm³/mol. The van der Waals surface area contributed by atoms with E-state index in [0.29, 0.717) is 12.5 Å². The van der Waals surface area contributed by atoms with Crippen LogP contribution in [0.1, 0.15) is 19.4 Å². The number of anilines is 1. The highest BCUT2D eigenvalue weighted by Gasteiger charge is 2.21. The molecule has 0 amide bonds. The number of rotatable bonds is 6. The van der Waals surface area contributed by atoms with E-state index in [4.69, 9.17) is 4.74 Å². The van der Waals surface area contributed by atoms with Crippen LogP contribution in [0.3, 0.4) is 0 Å². The summed E-state index contributed by atoms with van der Waals surface area (Å²) in [6.07, 6.45) is -0.0844. The predicted octanol–water partition coefficient (Wildman–Crippen LogP) is 2.39. The number of nitrogens with one attached hydrogen (secondary N) is 1. The molecule has 1 aromatic rings. The van der Waals surface area contributed by atoms with E-state index in [1.54, 1.807) is 0 Å². The van der Waals surface area contributed by atoms with Crippen molar-refractivity contribution in [1.82, 2.24) is 5.32 Å². The van der Waals surface area contributed by atoms with Gasteiger partial charge >= 0.3 is 0 Å². The molecule has 2 N–H and O–H groups in total. The highest BCUT2D eigenvalue weighted by molar-refractivity contribution is 9.10. The van der Waals surface area contributed by atoms with Crippen molar-refractivity contribution in [3.63, 3.8) is 0 Å². The van der Waals surface area contributed by atoms with E-state index in [9.17, 15) is 5.11 Å². The first kappa shape index (κ1) is 16.7. The summed E-state index contributed by atoms with van der Waals surface area (Å²) in [5, 5.41) is 12.8. The van der Waals surface area contributed by atoms with Crippen LogP contribution in [0, 0.1) is 5.92 Å². The Hall–Kier alpha value is -0.620. The highest BCUT2D eigenvalue weighted by atomic mass is 79.9. The second kappa shape index (κ2) is 8.13. The average Bonchev–Trinajstić information content (AvgIpc) is 2.47. The Bertz CT molecular complexity index is 454. The summed E-state index contributed by atoms with van der Waals surface area (Å²) in [5.41, 5.74) is 2.51. The van der Waals surface area contributed by atoms with Gasteiger partial charge in [0.2, 0.25) is 0 Å². The summed E-state index contributed by atoms with van der Waals surface area (Å²) in [6, 6.07) is 6.40. The van der Waals surface area contributed by atoms with Crippen molar-refractivity contribution in [2.75, 3.05) is 37.7 Å². The summed E-state index contributed by atoms with van der Waals surface area (Å²) < 4.78 is 6.64. The number of hydrogen-bond donors (Lipinski definition) is 2. The zero-order valence-corrected chi connectivity index (χ0v) is 14.4. The van der Waals surface area contributed by atoms with Crippen molar-refractivity contribution in [2.45, 2.75) is 26.5 Å². The number of halogens is 1. The number of ether oxygens (including phenoxy) is 1.